The van der Waals surface area contributed by atoms with Crippen molar-refractivity contribution >= 4 is 5.69 Å². The van der Waals surface area contributed by atoms with Gasteiger partial charge in [0.05, 0.1) is 13.3 Å². The zero-order chi connectivity index (χ0) is 9.97. The van der Waals surface area contributed by atoms with Gasteiger partial charge >= 0.3 is 0 Å². The number of nitrogens with zero attached hydrogens (tertiary/aromatic N) is 1. The number of aromatic amines is 1. The Morgan fingerprint density at radius 2 is 2.29 bits per heavy atom. The summed E-state index contributed by atoms with van der Waals surface area (Å²) in [5, 5.41) is 6.64. The second-order valence-electron chi connectivity index (χ2n) is 2.95. The van der Waals surface area contributed by atoms with Gasteiger partial charge in [-0.3, -0.25) is 5.10 Å². The van der Waals surface area contributed by atoms with Crippen molar-refractivity contribution in [3.63, 3.8) is 0 Å². The van der Waals surface area contributed by atoms with E-state index in [9.17, 15) is 0 Å². The van der Waals surface area contributed by atoms with Gasteiger partial charge in [0.25, 0.3) is 0 Å². The zero-order valence-electron chi connectivity index (χ0n) is 7.82. The molecule has 4 nitrogen and oxygen atoms in total. The highest BCUT2D eigenvalue weighted by Gasteiger charge is 2.06. The largest absolute Gasteiger partial charge is 0.496 e. The van der Waals surface area contributed by atoms with Crippen LogP contribution >= 0.6 is 0 Å². The Kier molecular flexibility index (Phi) is 2.10. The van der Waals surface area contributed by atoms with E-state index in [2.05, 4.69) is 10.2 Å². The highest BCUT2D eigenvalue weighted by atomic mass is 16.5. The first-order valence-electron chi connectivity index (χ1n) is 4.24. The summed E-state index contributed by atoms with van der Waals surface area (Å²) in [6.07, 6.45) is 3.56. The van der Waals surface area contributed by atoms with Crippen LogP contribution in [0.15, 0.2) is 30.6 Å². The molecule has 0 aliphatic carbocycles. The predicted octanol–water partition coefficient (Wildman–Crippen LogP) is 1.67. The molecule has 1 aromatic heterocycles. The van der Waals surface area contributed by atoms with Crippen LogP contribution in [-0.4, -0.2) is 17.3 Å². The molecule has 0 unspecified atom stereocenters. The van der Waals surface area contributed by atoms with Crippen LogP contribution in [0, 0.1) is 0 Å². The maximum atomic E-state index is 5.65. The minimum absolute atomic E-state index is 0.689. The molecule has 0 spiro atoms. The van der Waals surface area contributed by atoms with Crippen molar-refractivity contribution in [2.24, 2.45) is 0 Å². The molecule has 2 aromatic rings. The number of methoxy groups -OCH3 is 1. The Labute approximate surface area is 81.7 Å². The van der Waals surface area contributed by atoms with Crippen molar-refractivity contribution in [2.45, 2.75) is 0 Å². The van der Waals surface area contributed by atoms with E-state index in [0.29, 0.717) is 5.69 Å². The molecular formula is C10H11N3O. The normalized spacial score (nSPS) is 10.1. The van der Waals surface area contributed by atoms with Crippen LogP contribution < -0.4 is 10.5 Å². The topological polar surface area (TPSA) is 63.9 Å². The van der Waals surface area contributed by atoms with E-state index in [1.54, 1.807) is 19.4 Å². The first-order valence-corrected chi connectivity index (χ1v) is 4.24. The van der Waals surface area contributed by atoms with E-state index in [1.807, 2.05) is 18.3 Å². The molecule has 0 aliphatic rings. The summed E-state index contributed by atoms with van der Waals surface area (Å²) in [4.78, 5) is 0. The third kappa shape index (κ3) is 1.42. The molecule has 2 rings (SSSR count). The molecule has 3 N–H and O–H groups in total. The molecular weight excluding hydrogens is 178 g/mol. The standard InChI is InChI=1S/C10H11N3O/c1-14-10-4-8(11)2-3-9(10)7-5-12-13-6-7/h2-6H,11H2,1H3,(H,12,13). The average molecular weight is 189 g/mol. The fourth-order valence-corrected chi connectivity index (χ4v) is 1.34. The lowest BCUT2D eigenvalue weighted by Gasteiger charge is -2.06. The lowest BCUT2D eigenvalue weighted by atomic mass is 10.1. The number of ether oxygens (including phenoxy) is 1. The quantitative estimate of drug-likeness (QED) is 0.706. The number of anilines is 1. The predicted molar refractivity (Wildman–Crippen MR) is 55.0 cm³/mol. The van der Waals surface area contributed by atoms with Crippen molar-refractivity contribution in [1.29, 1.82) is 0 Å². The first kappa shape index (κ1) is 8.62. The summed E-state index contributed by atoms with van der Waals surface area (Å²) < 4.78 is 5.23. The minimum Gasteiger partial charge on any atom is -0.496 e. The Bertz CT molecular complexity index is 423. The second-order valence-corrected chi connectivity index (χ2v) is 2.95. The molecule has 1 aromatic carbocycles. The van der Waals surface area contributed by atoms with Crippen molar-refractivity contribution < 1.29 is 4.74 Å². The van der Waals surface area contributed by atoms with Crippen LogP contribution in [0.3, 0.4) is 0 Å². The van der Waals surface area contributed by atoms with Gasteiger partial charge < -0.3 is 10.5 Å². The molecule has 0 fully saturated rings. The summed E-state index contributed by atoms with van der Waals surface area (Å²) in [6, 6.07) is 5.55. The smallest absolute Gasteiger partial charge is 0.128 e. The van der Waals surface area contributed by atoms with Gasteiger partial charge in [-0.25, -0.2) is 0 Å². The number of benzene rings is 1. The van der Waals surface area contributed by atoms with E-state index >= 15 is 0 Å². The summed E-state index contributed by atoms with van der Waals surface area (Å²) >= 11 is 0. The van der Waals surface area contributed by atoms with Gasteiger partial charge in [-0.2, -0.15) is 5.10 Å². The van der Waals surface area contributed by atoms with Crippen LogP contribution in [0.5, 0.6) is 5.75 Å². The molecule has 0 saturated carbocycles. The van der Waals surface area contributed by atoms with E-state index in [1.165, 1.54) is 0 Å². The van der Waals surface area contributed by atoms with Crippen LogP contribution in [-0.2, 0) is 0 Å². The molecule has 1 heterocycles. The van der Waals surface area contributed by atoms with Crippen molar-refractivity contribution in [3.05, 3.63) is 30.6 Å². The Morgan fingerprint density at radius 1 is 1.43 bits per heavy atom. The molecule has 0 atom stereocenters. The third-order valence-corrected chi connectivity index (χ3v) is 2.03. The monoisotopic (exact) mass is 189 g/mol. The van der Waals surface area contributed by atoms with Crippen molar-refractivity contribution in [2.75, 3.05) is 12.8 Å². The Morgan fingerprint density at radius 3 is 2.93 bits per heavy atom. The molecule has 4 heteroatoms. The Hall–Kier alpha value is -1.97. The number of rotatable bonds is 2. The van der Waals surface area contributed by atoms with Crippen molar-refractivity contribution in [3.8, 4) is 16.9 Å². The van der Waals surface area contributed by atoms with Crippen molar-refractivity contribution in [1.82, 2.24) is 10.2 Å². The second kappa shape index (κ2) is 3.41. The van der Waals surface area contributed by atoms with Crippen LogP contribution in [0.2, 0.25) is 0 Å². The number of hydrogen-bond donors (Lipinski definition) is 2. The van der Waals surface area contributed by atoms with E-state index in [-0.39, 0.29) is 0 Å². The number of nitrogens with two attached hydrogens (primary N) is 1. The molecule has 14 heavy (non-hydrogen) atoms. The number of H-pyrrole nitrogens is 1. The maximum Gasteiger partial charge on any atom is 0.128 e. The van der Waals surface area contributed by atoms with Gasteiger partial charge in [-0.05, 0) is 12.1 Å². The van der Waals surface area contributed by atoms with Gasteiger partial charge in [0.15, 0.2) is 0 Å². The summed E-state index contributed by atoms with van der Waals surface area (Å²) in [7, 11) is 1.62. The van der Waals surface area contributed by atoms with E-state index in [0.717, 1.165) is 16.9 Å². The number of aromatic nitrogens is 2. The van der Waals surface area contributed by atoms with Crippen LogP contribution in [0.25, 0.3) is 11.1 Å². The molecule has 0 saturated heterocycles. The summed E-state index contributed by atoms with van der Waals surface area (Å²) in [5.74, 6) is 0.756. The highest BCUT2D eigenvalue weighted by molar-refractivity contribution is 5.71. The summed E-state index contributed by atoms with van der Waals surface area (Å²) in [6.45, 7) is 0. The van der Waals surface area contributed by atoms with Gasteiger partial charge in [0, 0.05) is 29.1 Å². The fraction of sp³-hybridized carbons (Fsp3) is 0.100. The van der Waals surface area contributed by atoms with E-state index < -0.39 is 0 Å². The number of nitrogen functional groups attached to an aromatic ring is 1. The molecule has 0 radical (unpaired) electrons. The molecule has 72 valence electrons. The lowest BCUT2D eigenvalue weighted by Crippen LogP contribution is -1.90. The van der Waals surface area contributed by atoms with Crippen LogP contribution in [0.1, 0.15) is 0 Å². The van der Waals surface area contributed by atoms with Gasteiger partial charge in [0.1, 0.15) is 5.75 Å². The maximum absolute atomic E-state index is 5.65. The lowest BCUT2D eigenvalue weighted by molar-refractivity contribution is 0.416. The molecule has 0 amide bonds. The third-order valence-electron chi connectivity index (χ3n) is 2.03. The Balaban J connectivity index is 2.53. The molecule has 0 aliphatic heterocycles. The SMILES string of the molecule is COc1cc(N)ccc1-c1cn[nH]c1. The fourth-order valence-electron chi connectivity index (χ4n) is 1.34. The molecule has 0 bridgehead atoms. The first-order chi connectivity index (χ1) is 6.81. The summed E-state index contributed by atoms with van der Waals surface area (Å²) in [5.41, 5.74) is 8.31. The number of nitrogens with one attached hydrogen (secondary N) is 1. The average Bonchev–Trinajstić information content (AvgIpc) is 2.70. The van der Waals surface area contributed by atoms with Gasteiger partial charge in [-0.15, -0.1) is 0 Å². The van der Waals surface area contributed by atoms with E-state index in [4.69, 9.17) is 10.5 Å². The highest BCUT2D eigenvalue weighted by Crippen LogP contribution is 2.30. The number of hydrogen-bond acceptors (Lipinski definition) is 3. The zero-order valence-corrected chi connectivity index (χ0v) is 7.82. The van der Waals surface area contributed by atoms with Gasteiger partial charge in [-0.1, -0.05) is 0 Å². The van der Waals surface area contributed by atoms with Crippen LogP contribution in [0.4, 0.5) is 5.69 Å². The minimum atomic E-state index is 0.689. The van der Waals surface area contributed by atoms with Gasteiger partial charge in [0.2, 0.25) is 0 Å².